The van der Waals surface area contributed by atoms with Gasteiger partial charge in [0.25, 0.3) is 0 Å². The van der Waals surface area contributed by atoms with Gasteiger partial charge in [-0.1, -0.05) is 0 Å². The zero-order chi connectivity index (χ0) is 11.8. The largest absolute Gasteiger partial charge is 0.434 e. The van der Waals surface area contributed by atoms with Crippen LogP contribution in [-0.2, 0) is 19.1 Å². The van der Waals surface area contributed by atoms with E-state index in [4.69, 9.17) is 0 Å². The van der Waals surface area contributed by atoms with Crippen LogP contribution in [0, 0.1) is 5.92 Å². The van der Waals surface area contributed by atoms with Crippen LogP contribution in [0.2, 0.25) is 0 Å². The van der Waals surface area contributed by atoms with E-state index in [-0.39, 0.29) is 0 Å². The predicted octanol–water partition coefficient (Wildman–Crippen LogP) is 1.68. The molecule has 2 heterocycles. The lowest BCUT2D eigenvalue weighted by atomic mass is 10.00. The van der Waals surface area contributed by atoms with Gasteiger partial charge in [-0.2, -0.15) is 13.2 Å². The number of nitrogens with one attached hydrogen (secondary N) is 1. The molecule has 1 N–H and O–H groups in total. The van der Waals surface area contributed by atoms with Gasteiger partial charge in [0.2, 0.25) is 0 Å². The highest BCUT2D eigenvalue weighted by molar-refractivity contribution is 5.09. The molecule has 0 saturated carbocycles. The number of halogens is 3. The fourth-order valence-electron chi connectivity index (χ4n) is 2.11. The van der Waals surface area contributed by atoms with Gasteiger partial charge in [-0.3, -0.25) is 0 Å². The Labute approximate surface area is 91.7 Å². The van der Waals surface area contributed by atoms with Gasteiger partial charge >= 0.3 is 6.18 Å². The average Bonchev–Trinajstić information content (AvgIpc) is 2.60. The van der Waals surface area contributed by atoms with E-state index in [9.17, 15) is 13.2 Å². The lowest BCUT2D eigenvalue weighted by Crippen LogP contribution is -2.27. The Balaban J connectivity index is 2.17. The standard InChI is InChI=1S/C10H14F3N3/c1-14-4-7-2-3-9-15-8(10(11,12)13)6-16(9)5-7/h6-7,14H,2-5H2,1H3. The molecule has 1 aromatic heterocycles. The Hall–Kier alpha value is -1.04. The molecule has 2 rings (SSSR count). The van der Waals surface area contributed by atoms with Crippen LogP contribution in [0.4, 0.5) is 13.2 Å². The van der Waals surface area contributed by atoms with Crippen molar-refractivity contribution in [3.05, 3.63) is 17.7 Å². The summed E-state index contributed by atoms with van der Waals surface area (Å²) in [6.45, 7) is 1.46. The molecule has 0 aliphatic carbocycles. The molecular formula is C10H14F3N3. The summed E-state index contributed by atoms with van der Waals surface area (Å²) < 4.78 is 38.9. The quantitative estimate of drug-likeness (QED) is 0.842. The van der Waals surface area contributed by atoms with Gasteiger partial charge in [-0.05, 0) is 25.9 Å². The van der Waals surface area contributed by atoms with Crippen molar-refractivity contribution in [1.82, 2.24) is 14.9 Å². The predicted molar refractivity (Wildman–Crippen MR) is 53.0 cm³/mol. The molecule has 0 fully saturated rings. The molecule has 6 heteroatoms. The first-order valence-corrected chi connectivity index (χ1v) is 5.28. The van der Waals surface area contributed by atoms with Crippen molar-refractivity contribution in [2.45, 2.75) is 25.6 Å². The summed E-state index contributed by atoms with van der Waals surface area (Å²) >= 11 is 0. The smallest absolute Gasteiger partial charge is 0.334 e. The van der Waals surface area contributed by atoms with Crippen LogP contribution in [0.25, 0.3) is 0 Å². The lowest BCUT2D eigenvalue weighted by molar-refractivity contribution is -0.141. The van der Waals surface area contributed by atoms with Gasteiger partial charge in [-0.25, -0.2) is 4.98 Å². The highest BCUT2D eigenvalue weighted by Gasteiger charge is 2.35. The van der Waals surface area contributed by atoms with Gasteiger partial charge in [0.05, 0.1) is 0 Å². The molecule has 0 spiro atoms. The summed E-state index contributed by atoms with van der Waals surface area (Å²) in [6, 6.07) is 0. The highest BCUT2D eigenvalue weighted by Crippen LogP contribution is 2.30. The molecule has 1 aliphatic heterocycles. The first kappa shape index (κ1) is 11.4. The summed E-state index contributed by atoms with van der Waals surface area (Å²) in [5, 5.41) is 3.05. The summed E-state index contributed by atoms with van der Waals surface area (Å²) in [5.41, 5.74) is -0.771. The molecule has 3 nitrogen and oxygen atoms in total. The Morgan fingerprint density at radius 3 is 2.94 bits per heavy atom. The third kappa shape index (κ3) is 2.21. The Morgan fingerprint density at radius 2 is 2.31 bits per heavy atom. The lowest BCUT2D eigenvalue weighted by Gasteiger charge is -2.23. The van der Waals surface area contributed by atoms with E-state index in [1.165, 1.54) is 0 Å². The third-order valence-electron chi connectivity index (χ3n) is 2.87. The molecule has 90 valence electrons. The maximum Gasteiger partial charge on any atom is 0.434 e. The van der Waals surface area contributed by atoms with Gasteiger partial charge in [-0.15, -0.1) is 0 Å². The van der Waals surface area contributed by atoms with Crippen LogP contribution in [0.15, 0.2) is 6.20 Å². The van der Waals surface area contributed by atoms with Crippen molar-refractivity contribution < 1.29 is 13.2 Å². The van der Waals surface area contributed by atoms with Crippen LogP contribution in [-0.4, -0.2) is 23.1 Å². The number of nitrogens with zero attached hydrogens (tertiary/aromatic N) is 2. The fourth-order valence-corrected chi connectivity index (χ4v) is 2.11. The molecule has 1 aliphatic rings. The second-order valence-corrected chi connectivity index (χ2v) is 4.15. The van der Waals surface area contributed by atoms with Crippen molar-refractivity contribution in [1.29, 1.82) is 0 Å². The number of aromatic nitrogens is 2. The van der Waals surface area contributed by atoms with Crippen molar-refractivity contribution in [3.8, 4) is 0 Å². The number of hydrogen-bond donors (Lipinski definition) is 1. The molecule has 1 aromatic rings. The van der Waals surface area contributed by atoms with Crippen LogP contribution < -0.4 is 5.32 Å². The average molecular weight is 233 g/mol. The van der Waals surface area contributed by atoms with Crippen molar-refractivity contribution in [3.63, 3.8) is 0 Å². The van der Waals surface area contributed by atoms with Crippen LogP contribution in [0.1, 0.15) is 17.9 Å². The number of fused-ring (bicyclic) bond motifs is 1. The third-order valence-corrected chi connectivity index (χ3v) is 2.87. The van der Waals surface area contributed by atoms with E-state index in [1.54, 1.807) is 4.57 Å². The summed E-state index contributed by atoms with van der Waals surface area (Å²) in [6.07, 6.45) is -1.68. The van der Waals surface area contributed by atoms with Crippen LogP contribution in [0.5, 0.6) is 0 Å². The SMILES string of the molecule is CNCC1CCc2nc(C(F)(F)F)cn2C1. The van der Waals surface area contributed by atoms with E-state index in [0.717, 1.165) is 19.2 Å². The van der Waals surface area contributed by atoms with E-state index < -0.39 is 11.9 Å². The first-order chi connectivity index (χ1) is 7.50. The number of aryl methyl sites for hydroxylation is 1. The number of hydrogen-bond acceptors (Lipinski definition) is 2. The monoisotopic (exact) mass is 233 g/mol. The zero-order valence-electron chi connectivity index (χ0n) is 9.01. The molecule has 0 amide bonds. The van der Waals surface area contributed by atoms with Crippen LogP contribution >= 0.6 is 0 Å². The van der Waals surface area contributed by atoms with Crippen molar-refractivity contribution >= 4 is 0 Å². The second-order valence-electron chi connectivity index (χ2n) is 4.15. The summed E-state index contributed by atoms with van der Waals surface area (Å²) in [4.78, 5) is 3.63. The second kappa shape index (κ2) is 4.08. The van der Waals surface area contributed by atoms with Crippen LogP contribution in [0.3, 0.4) is 0 Å². The Morgan fingerprint density at radius 1 is 1.56 bits per heavy atom. The highest BCUT2D eigenvalue weighted by atomic mass is 19.4. The molecule has 0 aromatic carbocycles. The van der Waals surface area contributed by atoms with Crippen molar-refractivity contribution in [2.75, 3.05) is 13.6 Å². The molecule has 0 bridgehead atoms. The van der Waals surface area contributed by atoms with Gasteiger partial charge < -0.3 is 9.88 Å². The first-order valence-electron chi connectivity index (χ1n) is 5.28. The van der Waals surface area contributed by atoms with E-state index >= 15 is 0 Å². The number of alkyl halides is 3. The van der Waals surface area contributed by atoms with Gasteiger partial charge in [0, 0.05) is 19.2 Å². The normalized spacial score (nSPS) is 20.9. The van der Waals surface area contributed by atoms with E-state index in [0.29, 0.717) is 24.7 Å². The van der Waals surface area contributed by atoms with E-state index in [1.807, 2.05) is 7.05 Å². The molecule has 0 radical (unpaired) electrons. The molecular weight excluding hydrogens is 219 g/mol. The Kier molecular flexibility index (Phi) is 2.92. The minimum atomic E-state index is -4.33. The maximum atomic E-state index is 12.4. The van der Waals surface area contributed by atoms with E-state index in [2.05, 4.69) is 10.3 Å². The maximum absolute atomic E-state index is 12.4. The van der Waals surface area contributed by atoms with Gasteiger partial charge in [0.15, 0.2) is 5.69 Å². The molecule has 1 atom stereocenters. The molecule has 1 unspecified atom stereocenters. The minimum absolute atomic E-state index is 0.396. The number of imidazole rings is 1. The number of rotatable bonds is 2. The fraction of sp³-hybridized carbons (Fsp3) is 0.700. The Bertz CT molecular complexity index is 370. The molecule has 0 saturated heterocycles. The summed E-state index contributed by atoms with van der Waals surface area (Å²) in [5.74, 6) is 0.951. The topological polar surface area (TPSA) is 29.9 Å². The van der Waals surface area contributed by atoms with Crippen molar-refractivity contribution in [2.24, 2.45) is 5.92 Å². The minimum Gasteiger partial charge on any atom is -0.334 e. The van der Waals surface area contributed by atoms with Gasteiger partial charge in [0.1, 0.15) is 5.82 Å². The molecule has 16 heavy (non-hydrogen) atoms. The zero-order valence-corrected chi connectivity index (χ0v) is 9.01. The summed E-state index contributed by atoms with van der Waals surface area (Å²) in [7, 11) is 1.85.